The molecule has 1 atom stereocenters. The van der Waals surface area contributed by atoms with Crippen molar-refractivity contribution in [3.8, 4) is 5.75 Å². The lowest BCUT2D eigenvalue weighted by Crippen LogP contribution is -2.45. The Morgan fingerprint density at radius 2 is 1.89 bits per heavy atom. The number of carbonyl (C=O) groups excluding carboxylic acids is 1. The summed E-state index contributed by atoms with van der Waals surface area (Å²) in [7, 11) is -3.38. The van der Waals surface area contributed by atoms with Crippen molar-refractivity contribution >= 4 is 45.8 Å². The van der Waals surface area contributed by atoms with Gasteiger partial charge in [-0.15, -0.1) is 0 Å². The standard InChI is InChI=1S/C27H37N3O4S2/c1-6-29(7-2)20-10-8-19(24(31)16-20)9-13-25-27(3,4)22-17-21(36(5,33)34)11-12-23(22)30(25)18-26(32)28-14-15-35/h8-13,16-17,25,31,35H,6-7,14-15,18H2,1-5H3,(H,28,32)/b13-9+. The number of fused-ring (bicyclic) bond motifs is 1. The smallest absolute Gasteiger partial charge is 0.239 e. The monoisotopic (exact) mass is 531 g/mol. The zero-order valence-electron chi connectivity index (χ0n) is 21.7. The Morgan fingerprint density at radius 3 is 2.47 bits per heavy atom. The van der Waals surface area contributed by atoms with Crippen molar-refractivity contribution in [2.75, 3.05) is 48.0 Å². The van der Waals surface area contributed by atoms with Gasteiger partial charge in [-0.3, -0.25) is 4.79 Å². The Hall–Kier alpha value is -2.65. The minimum Gasteiger partial charge on any atom is -0.507 e. The maximum absolute atomic E-state index is 12.7. The second-order valence-corrected chi connectivity index (χ2v) is 12.1. The van der Waals surface area contributed by atoms with Gasteiger partial charge in [0.2, 0.25) is 5.91 Å². The van der Waals surface area contributed by atoms with Crippen LogP contribution in [-0.2, 0) is 20.0 Å². The number of amides is 1. The van der Waals surface area contributed by atoms with Crippen LogP contribution >= 0.6 is 12.6 Å². The van der Waals surface area contributed by atoms with E-state index in [0.29, 0.717) is 17.9 Å². The number of phenolic OH excluding ortho intramolecular Hbond substituents is 1. The van der Waals surface area contributed by atoms with E-state index >= 15 is 0 Å². The number of phenols is 1. The largest absolute Gasteiger partial charge is 0.507 e. The van der Waals surface area contributed by atoms with Gasteiger partial charge in [0.25, 0.3) is 0 Å². The van der Waals surface area contributed by atoms with E-state index in [4.69, 9.17) is 0 Å². The molecule has 196 valence electrons. The van der Waals surface area contributed by atoms with Crippen LogP contribution < -0.4 is 15.1 Å². The van der Waals surface area contributed by atoms with Gasteiger partial charge in [-0.05, 0) is 49.7 Å². The van der Waals surface area contributed by atoms with E-state index in [9.17, 15) is 18.3 Å². The Bertz CT molecular complexity index is 1240. The van der Waals surface area contributed by atoms with Crippen molar-refractivity contribution in [3.05, 3.63) is 53.6 Å². The van der Waals surface area contributed by atoms with E-state index < -0.39 is 15.3 Å². The van der Waals surface area contributed by atoms with Crippen LogP contribution in [0, 0.1) is 0 Å². The molecule has 0 saturated heterocycles. The van der Waals surface area contributed by atoms with Gasteiger partial charge in [0.05, 0.1) is 17.5 Å². The van der Waals surface area contributed by atoms with E-state index in [-0.39, 0.29) is 29.1 Å². The third-order valence-corrected chi connectivity index (χ3v) is 8.16. The molecule has 0 spiro atoms. The molecule has 0 saturated carbocycles. The minimum atomic E-state index is -3.38. The Morgan fingerprint density at radius 1 is 1.19 bits per heavy atom. The van der Waals surface area contributed by atoms with Crippen molar-refractivity contribution in [3.63, 3.8) is 0 Å². The van der Waals surface area contributed by atoms with Gasteiger partial charge in [0.1, 0.15) is 5.75 Å². The first-order valence-electron chi connectivity index (χ1n) is 12.2. The van der Waals surface area contributed by atoms with Gasteiger partial charge in [0, 0.05) is 60.1 Å². The summed E-state index contributed by atoms with van der Waals surface area (Å²) in [4.78, 5) is 17.1. The third-order valence-electron chi connectivity index (χ3n) is 6.82. The van der Waals surface area contributed by atoms with E-state index in [2.05, 4.69) is 36.7 Å². The number of hydrogen-bond donors (Lipinski definition) is 3. The molecule has 0 aliphatic carbocycles. The molecule has 2 N–H and O–H groups in total. The molecule has 2 aromatic carbocycles. The second kappa shape index (κ2) is 11.2. The highest BCUT2D eigenvalue weighted by atomic mass is 32.2. The predicted octanol–water partition coefficient (Wildman–Crippen LogP) is 3.87. The van der Waals surface area contributed by atoms with Crippen LogP contribution in [0.4, 0.5) is 11.4 Å². The molecule has 0 bridgehead atoms. The average molecular weight is 532 g/mol. The van der Waals surface area contributed by atoms with Crippen molar-refractivity contribution < 1.29 is 18.3 Å². The van der Waals surface area contributed by atoms with Crippen molar-refractivity contribution in [2.24, 2.45) is 0 Å². The molecular weight excluding hydrogens is 494 g/mol. The molecule has 9 heteroatoms. The zero-order valence-corrected chi connectivity index (χ0v) is 23.4. The van der Waals surface area contributed by atoms with E-state index in [0.717, 1.165) is 30.0 Å². The van der Waals surface area contributed by atoms with Gasteiger partial charge in [-0.2, -0.15) is 12.6 Å². The van der Waals surface area contributed by atoms with E-state index in [1.807, 2.05) is 43.0 Å². The first-order chi connectivity index (χ1) is 16.9. The van der Waals surface area contributed by atoms with Crippen molar-refractivity contribution in [1.29, 1.82) is 0 Å². The molecule has 0 aromatic heterocycles. The van der Waals surface area contributed by atoms with Gasteiger partial charge in [-0.25, -0.2) is 8.42 Å². The molecule has 0 fully saturated rings. The number of sulfone groups is 1. The normalized spacial score (nSPS) is 16.8. The lowest BCUT2D eigenvalue weighted by atomic mass is 9.80. The lowest BCUT2D eigenvalue weighted by Gasteiger charge is -2.32. The van der Waals surface area contributed by atoms with Gasteiger partial charge in [-0.1, -0.05) is 26.0 Å². The van der Waals surface area contributed by atoms with Gasteiger partial charge < -0.3 is 20.2 Å². The maximum Gasteiger partial charge on any atom is 0.239 e. The van der Waals surface area contributed by atoms with Crippen LogP contribution in [0.3, 0.4) is 0 Å². The first-order valence-corrected chi connectivity index (χ1v) is 14.7. The van der Waals surface area contributed by atoms with E-state index in [1.165, 1.54) is 6.26 Å². The summed E-state index contributed by atoms with van der Waals surface area (Å²) in [5.41, 5.74) is 2.83. The summed E-state index contributed by atoms with van der Waals surface area (Å²) in [6.07, 6.45) is 5.05. The van der Waals surface area contributed by atoms with Gasteiger partial charge >= 0.3 is 0 Å². The number of hydrogen-bond acceptors (Lipinski definition) is 7. The fourth-order valence-corrected chi connectivity index (χ4v) is 5.56. The summed E-state index contributed by atoms with van der Waals surface area (Å²) < 4.78 is 24.5. The molecule has 36 heavy (non-hydrogen) atoms. The number of nitrogens with one attached hydrogen (secondary N) is 1. The number of carbonyl (C=O) groups is 1. The summed E-state index contributed by atoms with van der Waals surface area (Å²) >= 11 is 4.16. The molecule has 1 aliphatic rings. The topological polar surface area (TPSA) is 90.0 Å². The number of rotatable bonds is 10. The van der Waals surface area contributed by atoms with Crippen LogP contribution in [0.15, 0.2) is 47.4 Å². The number of benzene rings is 2. The van der Waals surface area contributed by atoms with Gasteiger partial charge in [0.15, 0.2) is 9.84 Å². The first kappa shape index (κ1) is 27.9. The number of aromatic hydroxyl groups is 1. The van der Waals surface area contributed by atoms with Crippen LogP contribution in [0.2, 0.25) is 0 Å². The number of thiol groups is 1. The molecule has 1 heterocycles. The fraction of sp³-hybridized carbons (Fsp3) is 0.444. The summed E-state index contributed by atoms with van der Waals surface area (Å²) in [6.45, 7) is 10.5. The molecule has 7 nitrogen and oxygen atoms in total. The van der Waals surface area contributed by atoms with Crippen LogP contribution in [-0.4, -0.2) is 63.7 Å². The van der Waals surface area contributed by atoms with Crippen LogP contribution in [0.1, 0.15) is 38.8 Å². The quantitative estimate of drug-likeness (QED) is 0.404. The molecule has 3 rings (SSSR count). The summed E-state index contributed by atoms with van der Waals surface area (Å²) in [5, 5.41) is 13.6. The average Bonchev–Trinajstić information content (AvgIpc) is 3.03. The molecular formula is C27H37N3O4S2. The van der Waals surface area contributed by atoms with Crippen molar-refractivity contribution in [1.82, 2.24) is 5.32 Å². The minimum absolute atomic E-state index is 0.115. The lowest BCUT2D eigenvalue weighted by molar-refractivity contribution is -0.119. The molecule has 1 unspecified atom stereocenters. The Balaban J connectivity index is 2.01. The maximum atomic E-state index is 12.7. The highest BCUT2D eigenvalue weighted by Crippen LogP contribution is 2.46. The van der Waals surface area contributed by atoms with Crippen LogP contribution in [0.5, 0.6) is 5.75 Å². The molecule has 2 aromatic rings. The Kier molecular flexibility index (Phi) is 8.67. The molecule has 0 radical (unpaired) electrons. The number of nitrogens with zero attached hydrogens (tertiary/aromatic N) is 2. The predicted molar refractivity (Wildman–Crippen MR) is 151 cm³/mol. The second-order valence-electron chi connectivity index (χ2n) is 9.59. The molecule has 1 amide bonds. The highest BCUT2D eigenvalue weighted by Gasteiger charge is 2.44. The summed E-state index contributed by atoms with van der Waals surface area (Å²) in [5.74, 6) is 0.587. The fourth-order valence-electron chi connectivity index (χ4n) is 4.80. The zero-order chi connectivity index (χ0) is 26.7. The molecule has 1 aliphatic heterocycles. The Labute approximate surface area is 220 Å². The SMILES string of the molecule is CCN(CC)c1ccc(/C=C/C2N(CC(=O)NCCS)c3ccc(S(C)(=O)=O)cc3C2(C)C)c(O)c1. The van der Waals surface area contributed by atoms with Crippen LogP contribution in [0.25, 0.3) is 6.08 Å². The summed E-state index contributed by atoms with van der Waals surface area (Å²) in [6, 6.07) is 10.5. The van der Waals surface area contributed by atoms with E-state index in [1.54, 1.807) is 24.3 Å². The highest BCUT2D eigenvalue weighted by molar-refractivity contribution is 7.90. The van der Waals surface area contributed by atoms with Crippen molar-refractivity contribution in [2.45, 2.75) is 44.0 Å². The number of anilines is 2. The third kappa shape index (κ3) is 5.83.